The van der Waals surface area contributed by atoms with Gasteiger partial charge < -0.3 is 19.5 Å². The maximum atomic E-state index is 12.8. The molecule has 0 fully saturated rings. The summed E-state index contributed by atoms with van der Waals surface area (Å²) in [5.74, 6) is 1.15. The van der Waals surface area contributed by atoms with Crippen LogP contribution >= 0.6 is 11.3 Å². The second-order valence-electron chi connectivity index (χ2n) is 7.16. The third-order valence-corrected chi connectivity index (χ3v) is 6.29. The van der Waals surface area contributed by atoms with Crippen molar-refractivity contribution >= 4 is 34.0 Å². The SMILES string of the molecule is COc1ccc(NC(=O)C2CCc3sc(NC(=O)c4ccc5c(c4)OCO5)nc32)cc1. The molecule has 2 aliphatic rings. The number of nitrogens with zero attached hydrogens (tertiary/aromatic N) is 1. The minimum absolute atomic E-state index is 0.108. The summed E-state index contributed by atoms with van der Waals surface area (Å²) < 4.78 is 15.7. The third kappa shape index (κ3) is 3.79. The van der Waals surface area contributed by atoms with Gasteiger partial charge in [0.25, 0.3) is 5.91 Å². The van der Waals surface area contributed by atoms with Gasteiger partial charge in [-0.05, 0) is 55.3 Å². The normalized spacial score (nSPS) is 16.0. The molecule has 2 amide bonds. The highest BCUT2D eigenvalue weighted by Gasteiger charge is 2.33. The number of anilines is 2. The van der Waals surface area contributed by atoms with E-state index in [1.54, 1.807) is 49.6 Å². The molecule has 2 N–H and O–H groups in total. The summed E-state index contributed by atoms with van der Waals surface area (Å²) >= 11 is 1.41. The Labute approximate surface area is 182 Å². The molecule has 0 radical (unpaired) electrons. The van der Waals surface area contributed by atoms with Gasteiger partial charge in [-0.3, -0.25) is 14.9 Å². The Bertz CT molecular complexity index is 1160. The summed E-state index contributed by atoms with van der Waals surface area (Å²) in [6.45, 7) is 0.152. The molecule has 1 aliphatic carbocycles. The number of hydrogen-bond acceptors (Lipinski definition) is 7. The molecule has 8 nitrogen and oxygen atoms in total. The van der Waals surface area contributed by atoms with Crippen LogP contribution in [0.3, 0.4) is 0 Å². The van der Waals surface area contributed by atoms with E-state index in [-0.39, 0.29) is 24.5 Å². The van der Waals surface area contributed by atoms with E-state index in [9.17, 15) is 9.59 Å². The first-order valence-electron chi connectivity index (χ1n) is 9.76. The van der Waals surface area contributed by atoms with E-state index in [0.29, 0.717) is 34.3 Å². The lowest BCUT2D eigenvalue weighted by Crippen LogP contribution is -2.20. The monoisotopic (exact) mass is 437 g/mol. The van der Waals surface area contributed by atoms with E-state index in [1.807, 2.05) is 0 Å². The van der Waals surface area contributed by atoms with E-state index in [0.717, 1.165) is 22.7 Å². The Kier molecular flexibility index (Phi) is 4.95. The molecule has 1 aromatic heterocycles. The van der Waals surface area contributed by atoms with Gasteiger partial charge in [0.1, 0.15) is 5.75 Å². The van der Waals surface area contributed by atoms with Gasteiger partial charge in [-0.2, -0.15) is 0 Å². The maximum absolute atomic E-state index is 12.8. The van der Waals surface area contributed by atoms with Crippen molar-refractivity contribution in [1.29, 1.82) is 0 Å². The Morgan fingerprint density at radius 1 is 1.10 bits per heavy atom. The first kappa shape index (κ1) is 19.4. The number of carbonyl (C=O) groups is 2. The number of aryl methyl sites for hydroxylation is 1. The topological polar surface area (TPSA) is 98.8 Å². The number of thiazole rings is 1. The van der Waals surface area contributed by atoms with Gasteiger partial charge in [0.2, 0.25) is 12.7 Å². The molecule has 0 saturated heterocycles. The fourth-order valence-electron chi connectivity index (χ4n) is 3.65. The number of nitrogens with one attached hydrogen (secondary N) is 2. The predicted octanol–water partition coefficient (Wildman–Crippen LogP) is 3.80. The first-order chi connectivity index (χ1) is 15.1. The molecule has 3 aromatic rings. The molecule has 9 heteroatoms. The highest BCUT2D eigenvalue weighted by Crippen LogP contribution is 2.39. The van der Waals surface area contributed by atoms with Crippen LogP contribution in [0.5, 0.6) is 17.2 Å². The van der Waals surface area contributed by atoms with Crippen molar-refractivity contribution in [3.05, 3.63) is 58.6 Å². The zero-order valence-electron chi connectivity index (χ0n) is 16.6. The van der Waals surface area contributed by atoms with Crippen LogP contribution in [0.1, 0.15) is 33.3 Å². The zero-order valence-corrected chi connectivity index (χ0v) is 17.5. The van der Waals surface area contributed by atoms with Gasteiger partial charge in [-0.25, -0.2) is 4.98 Å². The fraction of sp³-hybridized carbons (Fsp3) is 0.227. The summed E-state index contributed by atoms with van der Waals surface area (Å²) in [5.41, 5.74) is 1.89. The van der Waals surface area contributed by atoms with Gasteiger partial charge in [-0.1, -0.05) is 0 Å². The number of ether oxygens (including phenoxy) is 3. The zero-order chi connectivity index (χ0) is 21.4. The van der Waals surface area contributed by atoms with Gasteiger partial charge in [0.15, 0.2) is 16.6 Å². The van der Waals surface area contributed by atoms with Crippen LogP contribution in [-0.4, -0.2) is 30.7 Å². The molecule has 1 aliphatic heterocycles. The number of aromatic nitrogens is 1. The standard InChI is InChI=1S/C22H19N3O5S/c1-28-14-5-3-13(4-6-14)23-21(27)15-7-9-18-19(15)24-22(31-18)25-20(26)12-2-8-16-17(10-12)30-11-29-16/h2-6,8,10,15H,7,9,11H2,1H3,(H,23,27)(H,24,25,26). The summed E-state index contributed by atoms with van der Waals surface area (Å²) in [5, 5.41) is 6.24. The molecule has 31 heavy (non-hydrogen) atoms. The quantitative estimate of drug-likeness (QED) is 0.630. The van der Waals surface area contributed by atoms with E-state index < -0.39 is 0 Å². The van der Waals surface area contributed by atoms with Crippen LogP contribution in [0.4, 0.5) is 10.8 Å². The van der Waals surface area contributed by atoms with Crippen molar-refractivity contribution in [1.82, 2.24) is 4.98 Å². The van der Waals surface area contributed by atoms with Gasteiger partial charge >= 0.3 is 0 Å². The molecule has 1 atom stereocenters. The van der Waals surface area contributed by atoms with E-state index in [1.165, 1.54) is 11.3 Å². The number of methoxy groups -OCH3 is 1. The fourth-order valence-corrected chi connectivity index (χ4v) is 4.68. The predicted molar refractivity (Wildman–Crippen MR) is 115 cm³/mol. The summed E-state index contributed by atoms with van der Waals surface area (Å²) in [6, 6.07) is 12.2. The molecule has 2 heterocycles. The van der Waals surface area contributed by atoms with Crippen molar-refractivity contribution in [3.63, 3.8) is 0 Å². The Hall–Kier alpha value is -3.59. The van der Waals surface area contributed by atoms with E-state index >= 15 is 0 Å². The molecule has 5 rings (SSSR count). The largest absolute Gasteiger partial charge is 0.497 e. The van der Waals surface area contributed by atoms with Crippen LogP contribution in [0.2, 0.25) is 0 Å². The van der Waals surface area contributed by atoms with Gasteiger partial charge in [0.05, 0.1) is 18.7 Å². The second kappa shape index (κ2) is 7.92. The number of carbonyl (C=O) groups excluding carboxylic acids is 2. The molecule has 0 bridgehead atoms. The number of fused-ring (bicyclic) bond motifs is 2. The number of rotatable bonds is 5. The maximum Gasteiger partial charge on any atom is 0.257 e. The Morgan fingerprint density at radius 2 is 1.90 bits per heavy atom. The highest BCUT2D eigenvalue weighted by molar-refractivity contribution is 7.16. The minimum Gasteiger partial charge on any atom is -0.497 e. The van der Waals surface area contributed by atoms with Crippen molar-refractivity contribution in [2.24, 2.45) is 0 Å². The van der Waals surface area contributed by atoms with Gasteiger partial charge in [0, 0.05) is 16.1 Å². The average Bonchev–Trinajstić information content (AvgIpc) is 3.49. The van der Waals surface area contributed by atoms with Crippen LogP contribution in [0.25, 0.3) is 0 Å². The summed E-state index contributed by atoms with van der Waals surface area (Å²) in [6.07, 6.45) is 1.46. The smallest absolute Gasteiger partial charge is 0.257 e. The lowest BCUT2D eigenvalue weighted by Gasteiger charge is -2.11. The highest BCUT2D eigenvalue weighted by atomic mass is 32.1. The molecule has 0 saturated carbocycles. The second-order valence-corrected chi connectivity index (χ2v) is 8.24. The lowest BCUT2D eigenvalue weighted by atomic mass is 10.1. The number of benzene rings is 2. The molecular weight excluding hydrogens is 418 g/mol. The first-order valence-corrected chi connectivity index (χ1v) is 10.6. The minimum atomic E-state index is -0.343. The lowest BCUT2D eigenvalue weighted by molar-refractivity contribution is -0.117. The van der Waals surface area contributed by atoms with Crippen molar-refractivity contribution in [2.45, 2.75) is 18.8 Å². The van der Waals surface area contributed by atoms with Crippen LogP contribution in [0.15, 0.2) is 42.5 Å². The molecular formula is C22H19N3O5S. The molecule has 2 aromatic carbocycles. The van der Waals surface area contributed by atoms with Gasteiger partial charge in [-0.15, -0.1) is 11.3 Å². The van der Waals surface area contributed by atoms with Crippen LogP contribution < -0.4 is 24.8 Å². The molecule has 1 unspecified atom stereocenters. The van der Waals surface area contributed by atoms with E-state index in [2.05, 4.69) is 15.6 Å². The van der Waals surface area contributed by atoms with Crippen LogP contribution in [-0.2, 0) is 11.2 Å². The van der Waals surface area contributed by atoms with Crippen LogP contribution in [0, 0.1) is 0 Å². The van der Waals surface area contributed by atoms with Crippen molar-refractivity contribution < 1.29 is 23.8 Å². The van der Waals surface area contributed by atoms with E-state index in [4.69, 9.17) is 14.2 Å². The number of amides is 2. The van der Waals surface area contributed by atoms with Crippen molar-refractivity contribution in [2.75, 3.05) is 24.5 Å². The number of hydrogen-bond donors (Lipinski definition) is 2. The third-order valence-electron chi connectivity index (χ3n) is 5.25. The summed E-state index contributed by atoms with van der Waals surface area (Å²) in [4.78, 5) is 31.0. The Morgan fingerprint density at radius 3 is 2.71 bits per heavy atom. The molecule has 158 valence electrons. The Balaban J connectivity index is 1.27. The summed E-state index contributed by atoms with van der Waals surface area (Å²) in [7, 11) is 1.60. The average molecular weight is 437 g/mol. The molecule has 0 spiro atoms. The van der Waals surface area contributed by atoms with Crippen molar-refractivity contribution in [3.8, 4) is 17.2 Å².